The number of carbonyl (C=O) groups is 2. The molecule has 4 nitrogen and oxygen atoms in total. The van der Waals surface area contributed by atoms with Crippen LogP contribution in [-0.4, -0.2) is 34.0 Å². The zero-order valence-electron chi connectivity index (χ0n) is 12.3. The summed E-state index contributed by atoms with van der Waals surface area (Å²) in [6, 6.07) is 5.41. The predicted octanol–water partition coefficient (Wildman–Crippen LogP) is 3.15. The van der Waals surface area contributed by atoms with Gasteiger partial charge in [-0.25, -0.2) is 4.79 Å². The molecule has 1 amide bonds. The van der Waals surface area contributed by atoms with E-state index in [1.807, 2.05) is 19.1 Å². The highest BCUT2D eigenvalue weighted by atomic mass is 79.9. The van der Waals surface area contributed by atoms with Gasteiger partial charge in [-0.05, 0) is 50.3 Å². The summed E-state index contributed by atoms with van der Waals surface area (Å²) in [4.78, 5) is 25.0. The summed E-state index contributed by atoms with van der Waals surface area (Å²) in [6.45, 7) is 3.60. The Morgan fingerprint density at radius 1 is 1.43 bits per heavy atom. The normalized spacial score (nSPS) is 15.6. The molecule has 1 fully saturated rings. The first-order chi connectivity index (χ1) is 9.90. The molecule has 1 aromatic carbocycles. The predicted molar refractivity (Wildman–Crippen MR) is 84.2 cm³/mol. The maximum Gasteiger partial charge on any atom is 0.326 e. The van der Waals surface area contributed by atoms with Crippen LogP contribution >= 0.6 is 15.9 Å². The summed E-state index contributed by atoms with van der Waals surface area (Å²) in [7, 11) is 0. The first kappa shape index (κ1) is 16.0. The second-order valence-electron chi connectivity index (χ2n) is 5.63. The molecular formula is C16H20BrNO3. The minimum atomic E-state index is -0.935. The standard InChI is InChI=1S/C16H20BrNO3/c1-10-9-12(3-7-14(10)17)4-8-15(19)18(13-5-6-13)11(2)16(20)21/h3,7,9,11,13H,4-6,8H2,1-2H3,(H,20,21). The van der Waals surface area contributed by atoms with E-state index in [1.54, 1.807) is 11.8 Å². The van der Waals surface area contributed by atoms with Crippen LogP contribution in [0, 0.1) is 6.92 Å². The van der Waals surface area contributed by atoms with Crippen molar-refractivity contribution in [2.24, 2.45) is 0 Å². The van der Waals surface area contributed by atoms with Crippen LogP contribution < -0.4 is 0 Å². The van der Waals surface area contributed by atoms with Crippen molar-refractivity contribution >= 4 is 27.8 Å². The van der Waals surface area contributed by atoms with Crippen molar-refractivity contribution in [1.82, 2.24) is 4.90 Å². The monoisotopic (exact) mass is 353 g/mol. The molecule has 1 N–H and O–H groups in total. The molecule has 0 aromatic heterocycles. The molecule has 2 rings (SSSR count). The maximum atomic E-state index is 12.3. The molecule has 21 heavy (non-hydrogen) atoms. The smallest absolute Gasteiger partial charge is 0.326 e. The van der Waals surface area contributed by atoms with E-state index >= 15 is 0 Å². The van der Waals surface area contributed by atoms with Gasteiger partial charge in [-0.15, -0.1) is 0 Å². The van der Waals surface area contributed by atoms with E-state index in [0.29, 0.717) is 12.8 Å². The number of rotatable bonds is 6. The van der Waals surface area contributed by atoms with Crippen LogP contribution in [0.4, 0.5) is 0 Å². The van der Waals surface area contributed by atoms with E-state index in [1.165, 1.54) is 0 Å². The molecule has 0 saturated heterocycles. The molecule has 1 unspecified atom stereocenters. The van der Waals surface area contributed by atoms with Crippen LogP contribution in [0.5, 0.6) is 0 Å². The molecule has 1 saturated carbocycles. The minimum Gasteiger partial charge on any atom is -0.480 e. The van der Waals surface area contributed by atoms with Gasteiger partial charge in [0.1, 0.15) is 6.04 Å². The fourth-order valence-electron chi connectivity index (χ4n) is 2.45. The lowest BCUT2D eigenvalue weighted by molar-refractivity contribution is -0.150. The van der Waals surface area contributed by atoms with E-state index in [4.69, 9.17) is 5.11 Å². The van der Waals surface area contributed by atoms with Gasteiger partial charge < -0.3 is 10.0 Å². The highest BCUT2D eigenvalue weighted by molar-refractivity contribution is 9.10. The van der Waals surface area contributed by atoms with Crippen LogP contribution in [0.25, 0.3) is 0 Å². The van der Waals surface area contributed by atoms with Gasteiger partial charge in [-0.3, -0.25) is 4.79 Å². The van der Waals surface area contributed by atoms with E-state index in [0.717, 1.165) is 28.4 Å². The van der Waals surface area contributed by atoms with Gasteiger partial charge in [-0.1, -0.05) is 28.1 Å². The average molecular weight is 354 g/mol. The Morgan fingerprint density at radius 2 is 2.10 bits per heavy atom. The highest BCUT2D eigenvalue weighted by Gasteiger charge is 2.37. The van der Waals surface area contributed by atoms with Gasteiger partial charge in [0.2, 0.25) is 5.91 Å². The molecular weight excluding hydrogens is 334 g/mol. The minimum absolute atomic E-state index is 0.0621. The fraction of sp³-hybridized carbons (Fsp3) is 0.500. The molecule has 5 heteroatoms. The Kier molecular flexibility index (Phi) is 5.04. The average Bonchev–Trinajstić information content (AvgIpc) is 3.24. The molecule has 0 heterocycles. The molecule has 114 valence electrons. The van der Waals surface area contributed by atoms with Gasteiger partial charge >= 0.3 is 5.97 Å². The number of hydrogen-bond acceptors (Lipinski definition) is 2. The lowest BCUT2D eigenvalue weighted by atomic mass is 10.1. The maximum absolute atomic E-state index is 12.3. The molecule has 0 aliphatic heterocycles. The number of carbonyl (C=O) groups excluding carboxylic acids is 1. The van der Waals surface area contributed by atoms with Crippen molar-refractivity contribution in [3.05, 3.63) is 33.8 Å². The van der Waals surface area contributed by atoms with Crippen LogP contribution in [0.2, 0.25) is 0 Å². The Morgan fingerprint density at radius 3 is 2.62 bits per heavy atom. The summed E-state index contributed by atoms with van der Waals surface area (Å²) < 4.78 is 1.05. The van der Waals surface area contributed by atoms with E-state index in [9.17, 15) is 9.59 Å². The topological polar surface area (TPSA) is 57.6 Å². The zero-order valence-corrected chi connectivity index (χ0v) is 13.9. The number of nitrogens with zero attached hydrogens (tertiary/aromatic N) is 1. The number of carboxylic acids is 1. The van der Waals surface area contributed by atoms with E-state index in [-0.39, 0.29) is 11.9 Å². The SMILES string of the molecule is Cc1cc(CCC(=O)N(C2CC2)C(C)C(=O)O)ccc1Br. The van der Waals surface area contributed by atoms with Crippen molar-refractivity contribution < 1.29 is 14.7 Å². The van der Waals surface area contributed by atoms with E-state index in [2.05, 4.69) is 22.0 Å². The number of carboxylic acid groups (broad SMARTS) is 1. The molecule has 1 aliphatic carbocycles. The summed E-state index contributed by atoms with van der Waals surface area (Å²) in [5, 5.41) is 9.13. The molecule has 1 aromatic rings. The van der Waals surface area contributed by atoms with Gasteiger partial charge in [0, 0.05) is 16.9 Å². The first-order valence-corrected chi connectivity index (χ1v) is 7.98. The Bertz CT molecular complexity index is 554. The third-order valence-electron chi connectivity index (χ3n) is 3.85. The molecule has 1 atom stereocenters. The zero-order chi connectivity index (χ0) is 15.6. The fourth-order valence-corrected chi connectivity index (χ4v) is 2.70. The highest BCUT2D eigenvalue weighted by Crippen LogP contribution is 2.29. The molecule has 0 spiro atoms. The van der Waals surface area contributed by atoms with Gasteiger partial charge in [0.25, 0.3) is 0 Å². The van der Waals surface area contributed by atoms with Crippen LogP contribution in [0.3, 0.4) is 0 Å². The third-order valence-corrected chi connectivity index (χ3v) is 4.74. The number of aryl methyl sites for hydroxylation is 2. The summed E-state index contributed by atoms with van der Waals surface area (Å²) in [6.07, 6.45) is 2.83. The van der Waals surface area contributed by atoms with Crippen molar-refractivity contribution in [2.75, 3.05) is 0 Å². The van der Waals surface area contributed by atoms with Crippen molar-refractivity contribution in [3.63, 3.8) is 0 Å². The molecule has 1 aliphatic rings. The quantitative estimate of drug-likeness (QED) is 0.854. The largest absolute Gasteiger partial charge is 0.480 e. The molecule has 0 radical (unpaired) electrons. The number of aliphatic carboxylic acids is 1. The van der Waals surface area contributed by atoms with Gasteiger partial charge in [-0.2, -0.15) is 0 Å². The lowest BCUT2D eigenvalue weighted by Gasteiger charge is -2.26. The van der Waals surface area contributed by atoms with Crippen LogP contribution in [0.1, 0.15) is 37.3 Å². The second-order valence-corrected chi connectivity index (χ2v) is 6.48. The number of amides is 1. The molecule has 0 bridgehead atoms. The summed E-state index contributed by atoms with van der Waals surface area (Å²) in [5.41, 5.74) is 2.24. The van der Waals surface area contributed by atoms with E-state index < -0.39 is 12.0 Å². The van der Waals surface area contributed by atoms with Crippen molar-refractivity contribution in [3.8, 4) is 0 Å². The number of hydrogen-bond donors (Lipinski definition) is 1. The third kappa shape index (κ3) is 4.06. The second kappa shape index (κ2) is 6.60. The Hall–Kier alpha value is -1.36. The lowest BCUT2D eigenvalue weighted by Crippen LogP contribution is -2.44. The van der Waals surface area contributed by atoms with Crippen molar-refractivity contribution in [1.29, 1.82) is 0 Å². The van der Waals surface area contributed by atoms with Crippen LogP contribution in [0.15, 0.2) is 22.7 Å². The van der Waals surface area contributed by atoms with Gasteiger partial charge in [0.05, 0.1) is 0 Å². The van der Waals surface area contributed by atoms with Crippen LogP contribution in [-0.2, 0) is 16.0 Å². The number of benzene rings is 1. The number of halogens is 1. The Labute approximate surface area is 133 Å². The summed E-state index contributed by atoms with van der Waals surface area (Å²) in [5.74, 6) is -0.997. The Balaban J connectivity index is 1.99. The van der Waals surface area contributed by atoms with Crippen molar-refractivity contribution in [2.45, 2.75) is 51.6 Å². The van der Waals surface area contributed by atoms with Gasteiger partial charge in [0.15, 0.2) is 0 Å². The summed E-state index contributed by atoms with van der Waals surface area (Å²) >= 11 is 3.45. The first-order valence-electron chi connectivity index (χ1n) is 7.19.